The van der Waals surface area contributed by atoms with Crippen molar-refractivity contribution in [1.29, 1.82) is 0 Å². The zero-order valence-electron chi connectivity index (χ0n) is 9.50. The van der Waals surface area contributed by atoms with E-state index in [1.54, 1.807) is 13.8 Å². The van der Waals surface area contributed by atoms with Gasteiger partial charge < -0.3 is 10.2 Å². The van der Waals surface area contributed by atoms with E-state index in [0.29, 0.717) is 12.8 Å². The molecule has 0 unspecified atom stereocenters. The average Bonchev–Trinajstić information content (AvgIpc) is 2.26. The van der Waals surface area contributed by atoms with Crippen LogP contribution in [0.2, 0.25) is 0 Å². The maximum absolute atomic E-state index is 11.4. The summed E-state index contributed by atoms with van der Waals surface area (Å²) in [6, 6.07) is 0. The fourth-order valence-corrected chi connectivity index (χ4v) is 1.03. The van der Waals surface area contributed by atoms with Gasteiger partial charge in [0.15, 0.2) is 5.78 Å². The number of nitrogens with one attached hydrogen (secondary N) is 1. The Morgan fingerprint density at radius 3 is 2.07 bits per heavy atom. The lowest BCUT2D eigenvalue weighted by molar-refractivity contribution is -0.138. The van der Waals surface area contributed by atoms with E-state index in [2.05, 4.69) is 5.32 Å². The highest BCUT2D eigenvalue weighted by Gasteiger charge is 2.17. The molecule has 86 valence electrons. The van der Waals surface area contributed by atoms with E-state index >= 15 is 0 Å². The molecule has 0 saturated carbocycles. The Morgan fingerprint density at radius 2 is 1.67 bits per heavy atom. The molecule has 1 N–H and O–H groups in total. The number of amides is 2. The average molecular weight is 214 g/mol. The number of ketones is 1. The molecular formula is C10H18N2O3. The first-order valence-corrected chi connectivity index (χ1v) is 5.05. The third kappa shape index (κ3) is 5.15. The highest BCUT2D eigenvalue weighted by molar-refractivity contribution is 5.89. The first-order valence-electron chi connectivity index (χ1n) is 5.05. The van der Waals surface area contributed by atoms with Crippen LogP contribution in [0.1, 0.15) is 26.7 Å². The minimum atomic E-state index is -0.263. The fraction of sp³-hybridized carbons (Fsp3) is 0.700. The number of hydrogen-bond acceptors (Lipinski definition) is 3. The molecule has 15 heavy (non-hydrogen) atoms. The SMILES string of the molecule is CCC(=O)CN(CC(=O)NC)C(=O)CC. The van der Waals surface area contributed by atoms with Gasteiger partial charge in [-0.15, -0.1) is 0 Å². The molecule has 0 saturated heterocycles. The van der Waals surface area contributed by atoms with Gasteiger partial charge in [0.2, 0.25) is 11.8 Å². The predicted molar refractivity (Wildman–Crippen MR) is 56.2 cm³/mol. The van der Waals surface area contributed by atoms with Crippen LogP contribution >= 0.6 is 0 Å². The summed E-state index contributed by atoms with van der Waals surface area (Å²) in [4.78, 5) is 35.0. The zero-order chi connectivity index (χ0) is 11.8. The second-order valence-corrected chi connectivity index (χ2v) is 3.17. The minimum Gasteiger partial charge on any atom is -0.358 e. The van der Waals surface area contributed by atoms with Crippen LogP contribution in [0.5, 0.6) is 0 Å². The maximum Gasteiger partial charge on any atom is 0.239 e. The fourth-order valence-electron chi connectivity index (χ4n) is 1.03. The van der Waals surface area contributed by atoms with E-state index in [4.69, 9.17) is 0 Å². The van der Waals surface area contributed by atoms with Gasteiger partial charge in [0.05, 0.1) is 13.1 Å². The summed E-state index contributed by atoms with van der Waals surface area (Å²) in [7, 11) is 1.50. The van der Waals surface area contributed by atoms with Gasteiger partial charge in [-0.05, 0) is 0 Å². The molecule has 2 amide bonds. The van der Waals surface area contributed by atoms with Crippen molar-refractivity contribution < 1.29 is 14.4 Å². The van der Waals surface area contributed by atoms with Gasteiger partial charge in [-0.3, -0.25) is 14.4 Å². The van der Waals surface area contributed by atoms with Crippen LogP contribution in [-0.2, 0) is 14.4 Å². The Kier molecular flexibility index (Phi) is 6.33. The number of carbonyl (C=O) groups is 3. The van der Waals surface area contributed by atoms with E-state index in [1.165, 1.54) is 11.9 Å². The monoisotopic (exact) mass is 214 g/mol. The molecular weight excluding hydrogens is 196 g/mol. The molecule has 0 bridgehead atoms. The lowest BCUT2D eigenvalue weighted by Crippen LogP contribution is -2.42. The van der Waals surface area contributed by atoms with Crippen LogP contribution in [-0.4, -0.2) is 42.6 Å². The van der Waals surface area contributed by atoms with Crippen molar-refractivity contribution >= 4 is 17.6 Å². The third-order valence-electron chi connectivity index (χ3n) is 2.03. The summed E-state index contributed by atoms with van der Waals surface area (Å²) >= 11 is 0. The Balaban J connectivity index is 4.37. The van der Waals surface area contributed by atoms with Crippen LogP contribution in [0.4, 0.5) is 0 Å². The first-order chi connectivity index (χ1) is 7.04. The molecule has 0 fully saturated rings. The minimum absolute atomic E-state index is 0.0244. The molecule has 0 heterocycles. The van der Waals surface area contributed by atoms with E-state index in [9.17, 15) is 14.4 Å². The summed E-state index contributed by atoms with van der Waals surface area (Å²) in [5.41, 5.74) is 0. The molecule has 0 aliphatic carbocycles. The Labute approximate surface area is 89.8 Å². The van der Waals surface area contributed by atoms with Crippen molar-refractivity contribution in [3.63, 3.8) is 0 Å². The van der Waals surface area contributed by atoms with Crippen molar-refractivity contribution in [3.8, 4) is 0 Å². The van der Waals surface area contributed by atoms with Gasteiger partial charge in [0.1, 0.15) is 0 Å². The number of Topliss-reactive ketones (excluding diaryl/α,β-unsaturated/α-hetero) is 1. The summed E-state index contributed by atoms with van der Waals surface area (Å²) < 4.78 is 0. The van der Waals surface area contributed by atoms with Crippen molar-refractivity contribution in [1.82, 2.24) is 10.2 Å². The summed E-state index contributed by atoms with van der Waals surface area (Å²) in [5, 5.41) is 2.42. The highest BCUT2D eigenvalue weighted by Crippen LogP contribution is 1.96. The first kappa shape index (κ1) is 13.6. The largest absolute Gasteiger partial charge is 0.358 e. The lowest BCUT2D eigenvalue weighted by atomic mass is 10.2. The molecule has 0 spiro atoms. The van der Waals surface area contributed by atoms with Gasteiger partial charge in [-0.2, -0.15) is 0 Å². The standard InChI is InChI=1S/C10H18N2O3/c1-4-8(13)6-12(10(15)5-2)7-9(14)11-3/h4-7H2,1-3H3,(H,11,14). The van der Waals surface area contributed by atoms with Crippen LogP contribution in [0.3, 0.4) is 0 Å². The van der Waals surface area contributed by atoms with Gasteiger partial charge in [-0.25, -0.2) is 0 Å². The molecule has 5 nitrogen and oxygen atoms in total. The maximum atomic E-state index is 11.4. The Hall–Kier alpha value is -1.39. The van der Waals surface area contributed by atoms with Crippen LogP contribution in [0, 0.1) is 0 Å². The van der Waals surface area contributed by atoms with Crippen molar-refractivity contribution in [3.05, 3.63) is 0 Å². The molecule has 0 aliphatic heterocycles. The normalized spacial score (nSPS) is 9.53. The number of hydrogen-bond donors (Lipinski definition) is 1. The van der Waals surface area contributed by atoms with Gasteiger partial charge in [0.25, 0.3) is 0 Å². The van der Waals surface area contributed by atoms with E-state index in [1.807, 2.05) is 0 Å². The quantitative estimate of drug-likeness (QED) is 0.674. The van der Waals surface area contributed by atoms with E-state index in [-0.39, 0.29) is 30.7 Å². The molecule has 0 aliphatic rings. The molecule has 0 aromatic rings. The molecule has 0 rings (SSSR count). The Morgan fingerprint density at radius 1 is 1.07 bits per heavy atom. The van der Waals surface area contributed by atoms with Gasteiger partial charge >= 0.3 is 0 Å². The highest BCUT2D eigenvalue weighted by atomic mass is 16.2. The summed E-state index contributed by atoms with van der Waals surface area (Å²) in [5.74, 6) is -0.484. The van der Waals surface area contributed by atoms with Crippen LogP contribution in [0.15, 0.2) is 0 Å². The van der Waals surface area contributed by atoms with Crippen LogP contribution in [0.25, 0.3) is 0 Å². The predicted octanol–water partition coefficient (Wildman–Crippen LogP) is -0.0499. The second-order valence-electron chi connectivity index (χ2n) is 3.17. The van der Waals surface area contributed by atoms with Crippen molar-refractivity contribution in [2.24, 2.45) is 0 Å². The number of carbonyl (C=O) groups excluding carboxylic acids is 3. The molecule has 0 aromatic heterocycles. The smallest absolute Gasteiger partial charge is 0.239 e. The zero-order valence-corrected chi connectivity index (χ0v) is 9.50. The van der Waals surface area contributed by atoms with Crippen molar-refractivity contribution in [2.45, 2.75) is 26.7 Å². The van der Waals surface area contributed by atoms with Gasteiger partial charge in [0, 0.05) is 19.9 Å². The molecule has 5 heteroatoms. The summed E-state index contributed by atoms with van der Waals surface area (Å²) in [6.45, 7) is 3.41. The topological polar surface area (TPSA) is 66.5 Å². The number of rotatable bonds is 6. The second kappa shape index (κ2) is 6.98. The molecule has 0 atom stereocenters. The molecule has 0 aromatic carbocycles. The lowest BCUT2D eigenvalue weighted by Gasteiger charge is -2.20. The van der Waals surface area contributed by atoms with Crippen molar-refractivity contribution in [2.75, 3.05) is 20.1 Å². The van der Waals surface area contributed by atoms with Gasteiger partial charge in [-0.1, -0.05) is 13.8 Å². The number of nitrogens with zero attached hydrogens (tertiary/aromatic N) is 1. The van der Waals surface area contributed by atoms with E-state index < -0.39 is 0 Å². The molecule has 0 radical (unpaired) electrons. The number of likely N-dealkylation sites (N-methyl/N-ethyl adjacent to an activating group) is 1. The van der Waals surface area contributed by atoms with Crippen LogP contribution < -0.4 is 5.32 Å². The third-order valence-corrected chi connectivity index (χ3v) is 2.03. The Bertz CT molecular complexity index is 233. The summed E-state index contributed by atoms with van der Waals surface area (Å²) in [6.07, 6.45) is 0.676. The van der Waals surface area contributed by atoms with E-state index in [0.717, 1.165) is 0 Å².